The third-order valence-electron chi connectivity index (χ3n) is 11.8. The topological polar surface area (TPSA) is 35.6 Å². The van der Waals surface area contributed by atoms with Crippen molar-refractivity contribution in [2.24, 2.45) is 0 Å². The first-order valence-electron chi connectivity index (χ1n) is 19.5. The van der Waals surface area contributed by atoms with Crippen molar-refractivity contribution in [3.05, 3.63) is 205 Å². The lowest BCUT2D eigenvalue weighted by Gasteiger charge is -2.14. The van der Waals surface area contributed by atoms with Crippen molar-refractivity contribution in [1.29, 1.82) is 0 Å². The van der Waals surface area contributed by atoms with Gasteiger partial charge in [-0.05, 0) is 76.3 Å². The highest BCUT2D eigenvalue weighted by Gasteiger charge is 2.28. The molecule has 57 heavy (non-hydrogen) atoms. The SMILES string of the molecule is c1ccc(-c2cccc(-n3c4ccccc4c4cc(-c5ccc6c(c5)c5ccccc5n6-c5nc(-c6ccccc6)nc6c5Cc5ccccc5-6)ccc43)c2)cc1. The Kier molecular flexibility index (Phi) is 6.96. The highest BCUT2D eigenvalue weighted by molar-refractivity contribution is 6.13. The number of hydrogen-bond acceptors (Lipinski definition) is 2. The van der Waals surface area contributed by atoms with Crippen LogP contribution < -0.4 is 0 Å². The second-order valence-electron chi connectivity index (χ2n) is 15.0. The molecule has 0 aliphatic heterocycles. The second kappa shape index (κ2) is 12.5. The minimum Gasteiger partial charge on any atom is -0.309 e. The summed E-state index contributed by atoms with van der Waals surface area (Å²) >= 11 is 0. The van der Waals surface area contributed by atoms with Crippen LogP contribution >= 0.6 is 0 Å². The van der Waals surface area contributed by atoms with E-state index in [0.717, 1.165) is 46.0 Å². The number of fused-ring (bicyclic) bond motifs is 9. The van der Waals surface area contributed by atoms with E-state index < -0.39 is 0 Å². The van der Waals surface area contributed by atoms with Gasteiger partial charge in [0.15, 0.2) is 5.82 Å². The van der Waals surface area contributed by atoms with Crippen molar-refractivity contribution >= 4 is 43.6 Å². The van der Waals surface area contributed by atoms with Crippen LogP contribution in [0.15, 0.2) is 194 Å². The van der Waals surface area contributed by atoms with Gasteiger partial charge in [0.1, 0.15) is 5.82 Å². The summed E-state index contributed by atoms with van der Waals surface area (Å²) in [4.78, 5) is 10.6. The summed E-state index contributed by atoms with van der Waals surface area (Å²) in [6, 6.07) is 69.8. The van der Waals surface area contributed by atoms with Crippen LogP contribution in [0, 0.1) is 0 Å². The smallest absolute Gasteiger partial charge is 0.162 e. The van der Waals surface area contributed by atoms with Crippen molar-refractivity contribution in [3.8, 4) is 56.4 Å². The van der Waals surface area contributed by atoms with Gasteiger partial charge in [-0.3, -0.25) is 4.57 Å². The minimum atomic E-state index is 0.739. The molecule has 1 aliphatic rings. The molecule has 0 saturated heterocycles. The van der Waals surface area contributed by atoms with Gasteiger partial charge in [-0.25, -0.2) is 9.97 Å². The van der Waals surface area contributed by atoms with Crippen LogP contribution in [-0.2, 0) is 6.42 Å². The maximum Gasteiger partial charge on any atom is 0.162 e. The van der Waals surface area contributed by atoms with E-state index in [9.17, 15) is 0 Å². The van der Waals surface area contributed by atoms with Gasteiger partial charge in [0, 0.05) is 50.3 Å². The third kappa shape index (κ3) is 4.94. The molecule has 0 bridgehead atoms. The lowest BCUT2D eigenvalue weighted by atomic mass is 10.0. The van der Waals surface area contributed by atoms with Gasteiger partial charge in [-0.2, -0.15) is 0 Å². The third-order valence-corrected chi connectivity index (χ3v) is 11.8. The first-order valence-corrected chi connectivity index (χ1v) is 19.5. The Balaban J connectivity index is 1.03. The number of aromatic nitrogens is 4. The van der Waals surface area contributed by atoms with Crippen LogP contribution in [0.25, 0.3) is 100 Å². The lowest BCUT2D eigenvalue weighted by molar-refractivity contribution is 1.01. The van der Waals surface area contributed by atoms with E-state index in [1.165, 1.54) is 71.5 Å². The van der Waals surface area contributed by atoms with E-state index in [0.29, 0.717) is 0 Å². The molecule has 4 nitrogen and oxygen atoms in total. The van der Waals surface area contributed by atoms with Crippen molar-refractivity contribution in [2.75, 3.05) is 0 Å². The Morgan fingerprint density at radius 1 is 0.368 bits per heavy atom. The Morgan fingerprint density at radius 2 is 0.912 bits per heavy atom. The molecular formula is C53H34N4. The molecule has 3 aromatic heterocycles. The number of rotatable bonds is 5. The standard InChI is InChI=1S/C53H34N4/c1-3-14-34(15-4-1)36-19-13-20-40(30-36)56-47-24-11-9-22-42(47)44-31-37(26-28-49(44)56)38-27-29-50-45(32-38)43-23-10-12-25-48(43)57(50)53-46-33-39-18-7-8-21-41(39)51(46)54-52(55-53)35-16-5-2-6-17-35/h1-32H,33H2. The molecule has 12 rings (SSSR count). The molecule has 0 saturated carbocycles. The summed E-state index contributed by atoms with van der Waals surface area (Å²) in [6.45, 7) is 0. The van der Waals surface area contributed by atoms with Gasteiger partial charge in [0.25, 0.3) is 0 Å². The summed E-state index contributed by atoms with van der Waals surface area (Å²) in [5.74, 6) is 1.68. The van der Waals surface area contributed by atoms with Crippen molar-refractivity contribution in [1.82, 2.24) is 19.1 Å². The monoisotopic (exact) mass is 726 g/mol. The van der Waals surface area contributed by atoms with Gasteiger partial charge >= 0.3 is 0 Å². The van der Waals surface area contributed by atoms with Crippen LogP contribution in [0.3, 0.4) is 0 Å². The molecule has 266 valence electrons. The molecule has 8 aromatic carbocycles. The molecular weight excluding hydrogens is 693 g/mol. The molecule has 4 heteroatoms. The van der Waals surface area contributed by atoms with Crippen LogP contribution in [0.2, 0.25) is 0 Å². The molecule has 3 heterocycles. The van der Waals surface area contributed by atoms with Crippen LogP contribution in [0.5, 0.6) is 0 Å². The molecule has 0 amide bonds. The van der Waals surface area contributed by atoms with Gasteiger partial charge in [-0.1, -0.05) is 146 Å². The number of para-hydroxylation sites is 2. The highest BCUT2D eigenvalue weighted by Crippen LogP contribution is 2.43. The van der Waals surface area contributed by atoms with Crippen LogP contribution in [0.1, 0.15) is 11.1 Å². The zero-order chi connectivity index (χ0) is 37.5. The zero-order valence-electron chi connectivity index (χ0n) is 31.0. The number of benzene rings is 8. The minimum absolute atomic E-state index is 0.739. The van der Waals surface area contributed by atoms with E-state index >= 15 is 0 Å². The van der Waals surface area contributed by atoms with E-state index in [4.69, 9.17) is 9.97 Å². The molecule has 11 aromatic rings. The highest BCUT2D eigenvalue weighted by atomic mass is 15.1. The fraction of sp³-hybridized carbons (Fsp3) is 0.0189. The van der Waals surface area contributed by atoms with Crippen LogP contribution in [-0.4, -0.2) is 19.1 Å². The number of hydrogen-bond donors (Lipinski definition) is 0. The first kappa shape index (κ1) is 31.8. The van der Waals surface area contributed by atoms with Crippen molar-refractivity contribution in [2.45, 2.75) is 6.42 Å². The summed E-state index contributed by atoms with van der Waals surface area (Å²) in [6.07, 6.45) is 0.798. The normalized spacial score (nSPS) is 12.1. The quantitative estimate of drug-likeness (QED) is 0.177. The predicted molar refractivity (Wildman–Crippen MR) is 235 cm³/mol. The lowest BCUT2D eigenvalue weighted by Crippen LogP contribution is -2.06. The molecule has 0 spiro atoms. The Bertz CT molecular complexity index is 3370. The Hall–Kier alpha value is -7.56. The van der Waals surface area contributed by atoms with Crippen molar-refractivity contribution in [3.63, 3.8) is 0 Å². The maximum absolute atomic E-state index is 5.38. The van der Waals surface area contributed by atoms with E-state index in [2.05, 4.69) is 197 Å². The summed E-state index contributed by atoms with van der Waals surface area (Å²) in [5.41, 5.74) is 16.3. The Labute approximate surface area is 329 Å². The molecule has 0 radical (unpaired) electrons. The van der Waals surface area contributed by atoms with Gasteiger partial charge < -0.3 is 4.57 Å². The van der Waals surface area contributed by atoms with Gasteiger partial charge in [0.05, 0.1) is 27.8 Å². The fourth-order valence-corrected chi connectivity index (χ4v) is 9.12. The number of nitrogens with zero attached hydrogens (tertiary/aromatic N) is 4. The van der Waals surface area contributed by atoms with Gasteiger partial charge in [0.2, 0.25) is 0 Å². The summed E-state index contributed by atoms with van der Waals surface area (Å²) < 4.78 is 4.77. The summed E-state index contributed by atoms with van der Waals surface area (Å²) in [5, 5.41) is 4.88. The van der Waals surface area contributed by atoms with E-state index in [1.807, 2.05) is 6.07 Å². The van der Waals surface area contributed by atoms with Crippen LogP contribution in [0.4, 0.5) is 0 Å². The Morgan fingerprint density at radius 3 is 1.63 bits per heavy atom. The zero-order valence-corrected chi connectivity index (χ0v) is 31.0. The van der Waals surface area contributed by atoms with E-state index in [-0.39, 0.29) is 0 Å². The molecule has 1 aliphatic carbocycles. The predicted octanol–water partition coefficient (Wildman–Crippen LogP) is 13.2. The van der Waals surface area contributed by atoms with Crippen molar-refractivity contribution < 1.29 is 0 Å². The first-order chi connectivity index (χ1) is 28.3. The molecule has 0 N–H and O–H groups in total. The average Bonchev–Trinajstić information content (AvgIpc) is 3.94. The van der Waals surface area contributed by atoms with E-state index in [1.54, 1.807) is 0 Å². The van der Waals surface area contributed by atoms with Gasteiger partial charge in [-0.15, -0.1) is 0 Å². The molecule has 0 atom stereocenters. The maximum atomic E-state index is 5.38. The largest absolute Gasteiger partial charge is 0.309 e. The molecule has 0 fully saturated rings. The summed E-state index contributed by atoms with van der Waals surface area (Å²) in [7, 11) is 0. The fourth-order valence-electron chi connectivity index (χ4n) is 9.12. The molecule has 0 unspecified atom stereocenters. The second-order valence-corrected chi connectivity index (χ2v) is 15.0. The average molecular weight is 727 g/mol.